The third-order valence-electron chi connectivity index (χ3n) is 4.17. The highest BCUT2D eigenvalue weighted by molar-refractivity contribution is 7.87. The summed E-state index contributed by atoms with van der Waals surface area (Å²) in [5.74, 6) is -0.163. The van der Waals surface area contributed by atoms with Crippen LogP contribution in [0.2, 0.25) is 0 Å². The maximum Gasteiger partial charge on any atom is 0.341 e. The summed E-state index contributed by atoms with van der Waals surface area (Å²) in [5.41, 5.74) is 0.982. The number of para-hydroxylation sites is 1. The molecule has 0 radical (unpaired) electrons. The number of carbonyl (C=O) groups excluding carboxylic acids is 1. The summed E-state index contributed by atoms with van der Waals surface area (Å²) >= 11 is 0. The Hall–Kier alpha value is -1.56. The van der Waals surface area contributed by atoms with Crippen LogP contribution in [0.4, 0.5) is 0 Å². The lowest BCUT2D eigenvalue weighted by Gasteiger charge is -2.33. The van der Waals surface area contributed by atoms with Gasteiger partial charge in [0.25, 0.3) is 0 Å². The number of hydrogen-bond donors (Lipinski definition) is 0. The fourth-order valence-corrected chi connectivity index (χ4v) is 4.49. The molecule has 2 aliphatic heterocycles. The molecule has 1 saturated carbocycles. The second kappa shape index (κ2) is 4.77. The topological polar surface area (TPSA) is 69.7 Å². The van der Waals surface area contributed by atoms with Crippen LogP contribution in [-0.4, -0.2) is 26.7 Å². The molecule has 2 bridgehead atoms. The van der Waals surface area contributed by atoms with E-state index in [2.05, 4.69) is 0 Å². The second-order valence-electron chi connectivity index (χ2n) is 5.27. The molecule has 0 amide bonds. The van der Waals surface area contributed by atoms with Gasteiger partial charge in [0.05, 0.1) is 12.4 Å². The Balaban J connectivity index is 2.19. The first-order valence-corrected chi connectivity index (χ1v) is 8.14. The molecule has 1 aliphatic carbocycles. The van der Waals surface area contributed by atoms with E-state index in [1.54, 1.807) is 6.07 Å². The Morgan fingerprint density at radius 1 is 1.25 bits per heavy atom. The van der Waals surface area contributed by atoms with Crippen molar-refractivity contribution in [1.29, 1.82) is 0 Å². The predicted molar refractivity (Wildman–Crippen MR) is 72.3 cm³/mol. The normalized spacial score (nSPS) is 26.9. The standard InChI is InChI=1S/C14H16O5S/c1-18-14(15)12-4-2-3-11-9-5-7-10(8-6-9)20(16,17)19-13(11)12/h2-4,9-10H,5-8H2,1H3. The minimum Gasteiger partial charge on any atom is -0.465 e. The first kappa shape index (κ1) is 13.4. The lowest BCUT2D eigenvalue weighted by molar-refractivity contribution is 0.0598. The van der Waals surface area contributed by atoms with Crippen LogP contribution in [-0.2, 0) is 14.9 Å². The number of fused-ring (bicyclic) bond motifs is 3. The van der Waals surface area contributed by atoms with Crippen molar-refractivity contribution in [1.82, 2.24) is 0 Å². The Morgan fingerprint density at radius 3 is 2.60 bits per heavy atom. The lowest BCUT2D eigenvalue weighted by atomic mass is 9.82. The van der Waals surface area contributed by atoms with Gasteiger partial charge in [0.2, 0.25) is 0 Å². The van der Waals surface area contributed by atoms with E-state index < -0.39 is 21.3 Å². The molecule has 1 aromatic rings. The van der Waals surface area contributed by atoms with Crippen LogP contribution < -0.4 is 4.18 Å². The Bertz CT molecular complexity index is 642. The zero-order valence-corrected chi connectivity index (χ0v) is 12.0. The summed E-state index contributed by atoms with van der Waals surface area (Å²) in [4.78, 5) is 11.8. The third-order valence-corrected chi connectivity index (χ3v) is 5.86. The quantitative estimate of drug-likeness (QED) is 0.587. The molecule has 4 rings (SSSR count). The number of esters is 1. The van der Waals surface area contributed by atoms with Crippen molar-refractivity contribution in [3.05, 3.63) is 29.3 Å². The summed E-state index contributed by atoms with van der Waals surface area (Å²) in [5, 5.41) is -0.461. The molecule has 20 heavy (non-hydrogen) atoms. The largest absolute Gasteiger partial charge is 0.465 e. The van der Waals surface area contributed by atoms with Crippen molar-refractivity contribution in [3.63, 3.8) is 0 Å². The van der Waals surface area contributed by atoms with Crippen molar-refractivity contribution in [3.8, 4) is 5.75 Å². The zero-order chi connectivity index (χ0) is 14.3. The first-order chi connectivity index (χ1) is 9.53. The van der Waals surface area contributed by atoms with E-state index >= 15 is 0 Å². The average molecular weight is 296 g/mol. The summed E-state index contributed by atoms with van der Waals surface area (Å²) in [6.45, 7) is 0. The van der Waals surface area contributed by atoms with Gasteiger partial charge in [-0.25, -0.2) is 4.79 Å². The van der Waals surface area contributed by atoms with E-state index in [1.165, 1.54) is 13.2 Å². The highest BCUT2D eigenvalue weighted by atomic mass is 32.2. The predicted octanol–water partition coefficient (Wildman–Crippen LogP) is 2.22. The Kier molecular flexibility index (Phi) is 3.20. The Labute approximate surface area is 118 Å². The van der Waals surface area contributed by atoms with Crippen molar-refractivity contribution >= 4 is 16.1 Å². The van der Waals surface area contributed by atoms with E-state index in [0.29, 0.717) is 12.8 Å². The van der Waals surface area contributed by atoms with Crippen molar-refractivity contribution in [2.75, 3.05) is 7.11 Å². The number of carbonyl (C=O) groups is 1. The molecule has 5 nitrogen and oxygen atoms in total. The molecule has 0 unspecified atom stereocenters. The smallest absolute Gasteiger partial charge is 0.341 e. The monoisotopic (exact) mass is 296 g/mol. The summed E-state index contributed by atoms with van der Waals surface area (Å²) in [6, 6.07) is 5.12. The van der Waals surface area contributed by atoms with E-state index in [9.17, 15) is 13.2 Å². The van der Waals surface area contributed by atoms with Crippen LogP contribution in [0.25, 0.3) is 0 Å². The fraction of sp³-hybridized carbons (Fsp3) is 0.500. The number of methoxy groups -OCH3 is 1. The highest BCUT2D eigenvalue weighted by Gasteiger charge is 2.39. The van der Waals surface area contributed by atoms with Gasteiger partial charge >= 0.3 is 16.1 Å². The fourth-order valence-electron chi connectivity index (χ4n) is 3.09. The summed E-state index contributed by atoms with van der Waals surface area (Å²) in [6.07, 6.45) is 2.86. The van der Waals surface area contributed by atoms with Crippen LogP contribution in [0.1, 0.15) is 47.5 Å². The molecule has 2 heterocycles. The van der Waals surface area contributed by atoms with Gasteiger partial charge in [-0.1, -0.05) is 12.1 Å². The van der Waals surface area contributed by atoms with Gasteiger partial charge in [0, 0.05) is 0 Å². The van der Waals surface area contributed by atoms with Crippen LogP contribution >= 0.6 is 0 Å². The molecule has 6 heteroatoms. The molecule has 0 atom stereocenters. The maximum absolute atomic E-state index is 12.3. The number of rotatable bonds is 1. The SMILES string of the molecule is COC(=O)c1cccc2c1OS(=O)(=O)C1CCC2CC1. The van der Waals surface area contributed by atoms with Gasteiger partial charge < -0.3 is 8.92 Å². The molecular weight excluding hydrogens is 280 g/mol. The minimum atomic E-state index is -3.68. The molecule has 0 aromatic heterocycles. The van der Waals surface area contributed by atoms with Crippen molar-refractivity contribution in [2.24, 2.45) is 0 Å². The zero-order valence-electron chi connectivity index (χ0n) is 11.2. The average Bonchev–Trinajstić information content (AvgIpc) is 2.45. The number of hydrogen-bond acceptors (Lipinski definition) is 5. The molecular formula is C14H16O5S. The molecule has 3 aliphatic rings. The van der Waals surface area contributed by atoms with Crippen LogP contribution in [0.15, 0.2) is 18.2 Å². The minimum absolute atomic E-state index is 0.161. The Morgan fingerprint density at radius 2 is 1.95 bits per heavy atom. The van der Waals surface area contributed by atoms with Gasteiger partial charge in [0.1, 0.15) is 5.56 Å². The highest BCUT2D eigenvalue weighted by Crippen LogP contribution is 2.44. The first-order valence-electron chi connectivity index (χ1n) is 6.67. The van der Waals surface area contributed by atoms with Gasteiger partial charge in [-0.05, 0) is 43.2 Å². The molecule has 1 aromatic carbocycles. The van der Waals surface area contributed by atoms with E-state index in [1.807, 2.05) is 6.07 Å². The second-order valence-corrected chi connectivity index (χ2v) is 7.08. The van der Waals surface area contributed by atoms with Crippen molar-refractivity contribution in [2.45, 2.75) is 36.9 Å². The number of benzene rings is 1. The van der Waals surface area contributed by atoms with Gasteiger partial charge in [-0.3, -0.25) is 0 Å². The van der Waals surface area contributed by atoms with Gasteiger partial charge in [-0.2, -0.15) is 8.42 Å². The van der Waals surface area contributed by atoms with Crippen LogP contribution in [0.3, 0.4) is 0 Å². The summed E-state index contributed by atoms with van der Waals surface area (Å²) < 4.78 is 34.5. The molecule has 0 spiro atoms. The van der Waals surface area contributed by atoms with Crippen molar-refractivity contribution < 1.29 is 22.1 Å². The third kappa shape index (κ3) is 2.08. The van der Waals surface area contributed by atoms with Gasteiger partial charge in [-0.15, -0.1) is 0 Å². The molecule has 108 valence electrons. The molecule has 1 fully saturated rings. The van der Waals surface area contributed by atoms with Crippen LogP contribution in [0, 0.1) is 0 Å². The summed E-state index contributed by atoms with van der Waals surface area (Å²) in [7, 11) is -2.41. The van der Waals surface area contributed by atoms with E-state index in [4.69, 9.17) is 8.92 Å². The molecule has 0 saturated heterocycles. The lowest BCUT2D eigenvalue weighted by Crippen LogP contribution is -2.33. The molecule has 0 N–H and O–H groups in total. The number of ether oxygens (including phenoxy) is 1. The van der Waals surface area contributed by atoms with Crippen LogP contribution in [0.5, 0.6) is 5.75 Å². The van der Waals surface area contributed by atoms with E-state index in [0.717, 1.165) is 18.4 Å². The maximum atomic E-state index is 12.3. The van der Waals surface area contributed by atoms with E-state index in [-0.39, 0.29) is 17.2 Å². The van der Waals surface area contributed by atoms with Gasteiger partial charge in [0.15, 0.2) is 5.75 Å².